The lowest BCUT2D eigenvalue weighted by Gasteiger charge is -2.23. The molecule has 0 saturated carbocycles. The summed E-state index contributed by atoms with van der Waals surface area (Å²) in [5, 5.41) is 0. The number of carbonyl (C=O) groups is 2. The van der Waals surface area contributed by atoms with Gasteiger partial charge in [0.15, 0.2) is 0 Å². The van der Waals surface area contributed by atoms with Crippen LogP contribution < -0.4 is 9.64 Å². The van der Waals surface area contributed by atoms with E-state index < -0.39 is 5.92 Å². The average Bonchev–Trinajstić information content (AvgIpc) is 3.14. The maximum Gasteiger partial charge on any atom is 0.316 e. The molecule has 0 radical (unpaired) electrons. The van der Waals surface area contributed by atoms with Crippen molar-refractivity contribution in [1.82, 2.24) is 0 Å². The van der Waals surface area contributed by atoms with Crippen molar-refractivity contribution in [2.24, 2.45) is 5.92 Å². The van der Waals surface area contributed by atoms with Gasteiger partial charge in [-0.1, -0.05) is 64.1 Å². The third-order valence-electron chi connectivity index (χ3n) is 5.97. The highest BCUT2D eigenvalue weighted by molar-refractivity contribution is 6.01. The second-order valence-electron chi connectivity index (χ2n) is 7.81. The van der Waals surface area contributed by atoms with E-state index in [9.17, 15) is 9.59 Å². The number of benzene rings is 2. The van der Waals surface area contributed by atoms with Crippen molar-refractivity contribution >= 4 is 17.6 Å². The molecular weight excluding hydrogens is 362 g/mol. The molecule has 1 amide bonds. The first-order valence-corrected chi connectivity index (χ1v) is 10.7. The molecule has 154 valence electrons. The molecule has 0 bridgehead atoms. The molecule has 0 aliphatic carbocycles. The van der Waals surface area contributed by atoms with Crippen molar-refractivity contribution in [3.05, 3.63) is 59.2 Å². The van der Waals surface area contributed by atoms with Gasteiger partial charge >= 0.3 is 5.97 Å². The number of anilines is 1. The van der Waals surface area contributed by atoms with E-state index in [1.807, 2.05) is 30.3 Å². The second-order valence-corrected chi connectivity index (χ2v) is 7.81. The first-order valence-electron chi connectivity index (χ1n) is 10.7. The van der Waals surface area contributed by atoms with Crippen LogP contribution in [-0.2, 0) is 22.4 Å². The number of rotatable bonds is 7. The van der Waals surface area contributed by atoms with E-state index in [1.54, 1.807) is 4.90 Å². The molecule has 3 rings (SSSR count). The fraction of sp³-hybridized carbons (Fsp3) is 0.440. The number of para-hydroxylation sites is 2. The fourth-order valence-electron chi connectivity index (χ4n) is 4.04. The Kier molecular flexibility index (Phi) is 6.73. The Morgan fingerprint density at radius 1 is 1.07 bits per heavy atom. The Morgan fingerprint density at radius 3 is 2.34 bits per heavy atom. The molecule has 1 aliphatic heterocycles. The number of ether oxygens (including phenoxy) is 1. The summed E-state index contributed by atoms with van der Waals surface area (Å²) < 4.78 is 5.78. The van der Waals surface area contributed by atoms with E-state index in [2.05, 4.69) is 39.8 Å². The van der Waals surface area contributed by atoms with Crippen LogP contribution in [0.3, 0.4) is 0 Å². The summed E-state index contributed by atoms with van der Waals surface area (Å²) in [6.45, 7) is 8.81. The van der Waals surface area contributed by atoms with Gasteiger partial charge in [0.05, 0.1) is 5.92 Å². The van der Waals surface area contributed by atoms with Gasteiger partial charge < -0.3 is 9.64 Å². The maximum atomic E-state index is 12.9. The molecule has 29 heavy (non-hydrogen) atoms. The summed E-state index contributed by atoms with van der Waals surface area (Å²) >= 11 is 0. The molecule has 0 N–H and O–H groups in total. The quantitative estimate of drug-likeness (QED) is 0.475. The summed E-state index contributed by atoms with van der Waals surface area (Å²) in [4.78, 5) is 27.5. The first kappa shape index (κ1) is 21.1. The van der Waals surface area contributed by atoms with Gasteiger partial charge in [-0.3, -0.25) is 9.59 Å². The molecule has 1 fully saturated rings. The van der Waals surface area contributed by atoms with Crippen LogP contribution in [0.2, 0.25) is 0 Å². The number of hydrogen-bond donors (Lipinski definition) is 0. The third kappa shape index (κ3) is 4.36. The highest BCUT2D eigenvalue weighted by Gasteiger charge is 2.38. The van der Waals surface area contributed by atoms with Crippen LogP contribution in [0.4, 0.5) is 5.69 Å². The standard InChI is InChI=1S/C25H31NO3/c1-5-17(4)21-13-8-9-14-22(21)29-25(28)20-15-23(27)26(16-20)24-18(6-2)11-10-12-19(24)7-3/h8-14,17,20H,5-7,15-16H2,1-4H3/t17-,20+/m1/s1. The van der Waals surface area contributed by atoms with E-state index in [1.165, 1.54) is 0 Å². The minimum absolute atomic E-state index is 0.00207. The van der Waals surface area contributed by atoms with Gasteiger partial charge in [-0.25, -0.2) is 0 Å². The van der Waals surface area contributed by atoms with Crippen LogP contribution >= 0.6 is 0 Å². The Hall–Kier alpha value is -2.62. The van der Waals surface area contributed by atoms with Crippen molar-refractivity contribution in [3.8, 4) is 5.75 Å². The minimum Gasteiger partial charge on any atom is -0.426 e. The smallest absolute Gasteiger partial charge is 0.316 e. The molecule has 0 unspecified atom stereocenters. The Morgan fingerprint density at radius 2 is 1.72 bits per heavy atom. The van der Waals surface area contributed by atoms with Gasteiger partial charge in [-0.2, -0.15) is 0 Å². The fourth-order valence-corrected chi connectivity index (χ4v) is 4.04. The van der Waals surface area contributed by atoms with Crippen molar-refractivity contribution in [2.75, 3.05) is 11.4 Å². The van der Waals surface area contributed by atoms with E-state index in [0.717, 1.165) is 41.6 Å². The lowest BCUT2D eigenvalue weighted by Crippen LogP contribution is -2.29. The lowest BCUT2D eigenvalue weighted by atomic mass is 9.98. The molecule has 0 spiro atoms. The van der Waals surface area contributed by atoms with Crippen LogP contribution in [-0.4, -0.2) is 18.4 Å². The molecule has 1 saturated heterocycles. The number of esters is 1. The van der Waals surface area contributed by atoms with Crippen LogP contribution in [0.1, 0.15) is 63.1 Å². The van der Waals surface area contributed by atoms with Crippen LogP contribution in [0.25, 0.3) is 0 Å². The maximum absolute atomic E-state index is 12.9. The summed E-state index contributed by atoms with van der Waals surface area (Å²) in [7, 11) is 0. The van der Waals surface area contributed by atoms with Gasteiger partial charge in [0, 0.05) is 18.7 Å². The van der Waals surface area contributed by atoms with Gasteiger partial charge in [-0.15, -0.1) is 0 Å². The summed E-state index contributed by atoms with van der Waals surface area (Å²) in [6.07, 6.45) is 2.87. The zero-order valence-electron chi connectivity index (χ0n) is 17.9. The molecule has 4 heteroatoms. The largest absolute Gasteiger partial charge is 0.426 e. The van der Waals surface area contributed by atoms with Crippen LogP contribution in [0.5, 0.6) is 5.75 Å². The molecule has 2 aromatic carbocycles. The normalized spacial score (nSPS) is 17.4. The average molecular weight is 394 g/mol. The van der Waals surface area contributed by atoms with E-state index in [0.29, 0.717) is 18.2 Å². The van der Waals surface area contributed by atoms with Gasteiger partial charge in [0.25, 0.3) is 0 Å². The highest BCUT2D eigenvalue weighted by Crippen LogP contribution is 2.34. The van der Waals surface area contributed by atoms with Crippen molar-refractivity contribution in [2.45, 2.75) is 59.3 Å². The van der Waals surface area contributed by atoms with Crippen molar-refractivity contribution in [3.63, 3.8) is 0 Å². The molecular formula is C25H31NO3. The van der Waals surface area contributed by atoms with Gasteiger partial charge in [-0.05, 0) is 47.9 Å². The lowest BCUT2D eigenvalue weighted by molar-refractivity contribution is -0.139. The Labute approximate surface area is 173 Å². The topological polar surface area (TPSA) is 46.6 Å². The van der Waals surface area contributed by atoms with E-state index in [4.69, 9.17) is 4.74 Å². The number of hydrogen-bond acceptors (Lipinski definition) is 3. The first-order chi connectivity index (χ1) is 14.0. The summed E-state index contributed by atoms with van der Waals surface area (Å²) in [6, 6.07) is 13.9. The molecule has 2 aromatic rings. The number of amides is 1. The zero-order valence-corrected chi connectivity index (χ0v) is 17.9. The monoisotopic (exact) mass is 393 g/mol. The van der Waals surface area contributed by atoms with E-state index >= 15 is 0 Å². The molecule has 2 atom stereocenters. The Bertz CT molecular complexity index is 867. The predicted octanol–water partition coefficient (Wildman–Crippen LogP) is 5.28. The molecule has 0 aromatic heterocycles. The molecule has 1 heterocycles. The molecule has 4 nitrogen and oxygen atoms in total. The predicted molar refractivity (Wildman–Crippen MR) is 116 cm³/mol. The van der Waals surface area contributed by atoms with Crippen LogP contribution in [0.15, 0.2) is 42.5 Å². The van der Waals surface area contributed by atoms with Crippen LogP contribution in [0, 0.1) is 5.92 Å². The van der Waals surface area contributed by atoms with Crippen molar-refractivity contribution in [1.29, 1.82) is 0 Å². The Balaban J connectivity index is 1.81. The second kappa shape index (κ2) is 9.25. The van der Waals surface area contributed by atoms with Gasteiger partial charge in [0.2, 0.25) is 5.91 Å². The SMILES string of the molecule is CCc1cccc(CC)c1N1C[C@@H](C(=O)Oc2ccccc2[C@H](C)CC)CC1=O. The number of aryl methyl sites for hydroxylation is 2. The zero-order chi connectivity index (χ0) is 21.0. The van der Waals surface area contributed by atoms with Crippen molar-refractivity contribution < 1.29 is 14.3 Å². The number of nitrogens with zero attached hydrogens (tertiary/aromatic N) is 1. The van der Waals surface area contributed by atoms with E-state index in [-0.39, 0.29) is 18.3 Å². The summed E-state index contributed by atoms with van der Waals surface area (Å²) in [5.74, 6) is 0.161. The third-order valence-corrected chi connectivity index (χ3v) is 5.97. The highest BCUT2D eigenvalue weighted by atomic mass is 16.5. The van der Waals surface area contributed by atoms with Gasteiger partial charge in [0.1, 0.15) is 5.75 Å². The minimum atomic E-state index is -0.442. The number of carbonyl (C=O) groups excluding carboxylic acids is 2. The summed E-state index contributed by atoms with van der Waals surface area (Å²) in [5.41, 5.74) is 4.31. The molecule has 1 aliphatic rings.